The Morgan fingerprint density at radius 1 is 1.09 bits per heavy atom. The minimum absolute atomic E-state index is 0.126. The number of thioether (sulfide) groups is 1. The number of ether oxygens (including phenoxy) is 3. The lowest BCUT2D eigenvalue weighted by molar-refractivity contribution is -0.113. The zero-order valence-electron chi connectivity index (χ0n) is 19.2. The van der Waals surface area contributed by atoms with Gasteiger partial charge in [-0.1, -0.05) is 17.8 Å². The maximum Gasteiger partial charge on any atom is 0.338 e. The minimum atomic E-state index is -0.400. The molecule has 3 rings (SSSR count). The number of anilines is 1. The van der Waals surface area contributed by atoms with Crippen molar-refractivity contribution in [3.63, 3.8) is 0 Å². The molecule has 178 valence electrons. The lowest BCUT2D eigenvalue weighted by atomic mass is 10.2. The summed E-state index contributed by atoms with van der Waals surface area (Å²) in [6, 6.07) is 12.0. The Hall–Kier alpha value is -3.79. The predicted octanol–water partition coefficient (Wildman–Crippen LogP) is 4.06. The summed E-state index contributed by atoms with van der Waals surface area (Å²) >= 11 is 1.26. The van der Waals surface area contributed by atoms with Gasteiger partial charge in [-0.05, 0) is 49.4 Å². The lowest BCUT2D eigenvalue weighted by Crippen LogP contribution is -2.15. The number of methoxy groups -OCH3 is 2. The van der Waals surface area contributed by atoms with Crippen LogP contribution in [0.3, 0.4) is 0 Å². The number of benzene rings is 2. The van der Waals surface area contributed by atoms with Crippen molar-refractivity contribution in [1.29, 1.82) is 0 Å². The standard InChI is InChI=1S/C24H26N4O5S/c1-5-13-28-22(17-9-12-19(31-3)20(14-17)32-4)26-27-24(28)34-15-21(29)25-18-10-7-16(8-11-18)23(30)33-6-2/h5,7-12,14H,1,6,13,15H2,2-4H3,(H,25,29). The van der Waals surface area contributed by atoms with Gasteiger partial charge in [-0.15, -0.1) is 16.8 Å². The molecule has 10 heteroatoms. The van der Waals surface area contributed by atoms with Crippen molar-refractivity contribution in [3.05, 3.63) is 60.7 Å². The Bertz CT molecular complexity index is 1160. The molecule has 0 saturated heterocycles. The first-order valence-electron chi connectivity index (χ1n) is 10.5. The van der Waals surface area contributed by atoms with E-state index in [-0.39, 0.29) is 11.7 Å². The summed E-state index contributed by atoms with van der Waals surface area (Å²) in [6.07, 6.45) is 1.74. The molecule has 0 radical (unpaired) electrons. The van der Waals surface area contributed by atoms with Gasteiger partial charge in [0.25, 0.3) is 0 Å². The first-order chi connectivity index (χ1) is 16.5. The molecule has 0 spiro atoms. The van der Waals surface area contributed by atoms with Crippen LogP contribution in [0.2, 0.25) is 0 Å². The Morgan fingerprint density at radius 3 is 2.47 bits per heavy atom. The molecule has 2 aromatic carbocycles. The molecule has 0 aliphatic carbocycles. The molecule has 34 heavy (non-hydrogen) atoms. The molecule has 1 heterocycles. The minimum Gasteiger partial charge on any atom is -0.493 e. The van der Waals surface area contributed by atoms with Crippen LogP contribution >= 0.6 is 11.8 Å². The fourth-order valence-corrected chi connectivity index (χ4v) is 3.86. The maximum absolute atomic E-state index is 12.5. The van der Waals surface area contributed by atoms with Crippen LogP contribution in [0.4, 0.5) is 5.69 Å². The quantitative estimate of drug-likeness (QED) is 0.248. The Labute approximate surface area is 202 Å². The average Bonchev–Trinajstić information content (AvgIpc) is 3.25. The normalized spacial score (nSPS) is 10.4. The number of amides is 1. The molecule has 3 aromatic rings. The Balaban J connectivity index is 1.69. The molecule has 0 aliphatic heterocycles. The molecule has 0 atom stereocenters. The molecular weight excluding hydrogens is 456 g/mol. The predicted molar refractivity (Wildman–Crippen MR) is 131 cm³/mol. The van der Waals surface area contributed by atoms with Crippen molar-refractivity contribution in [1.82, 2.24) is 14.8 Å². The Morgan fingerprint density at radius 2 is 1.82 bits per heavy atom. The van der Waals surface area contributed by atoms with E-state index in [1.54, 1.807) is 57.6 Å². The number of carbonyl (C=O) groups is 2. The number of hydrogen-bond donors (Lipinski definition) is 1. The van der Waals surface area contributed by atoms with Gasteiger partial charge >= 0.3 is 5.97 Å². The van der Waals surface area contributed by atoms with Gasteiger partial charge in [-0.25, -0.2) is 4.79 Å². The van der Waals surface area contributed by atoms with Crippen molar-refractivity contribution in [2.75, 3.05) is 31.9 Å². The molecule has 0 bridgehead atoms. The van der Waals surface area contributed by atoms with Gasteiger partial charge in [0.05, 0.1) is 32.1 Å². The van der Waals surface area contributed by atoms with E-state index in [9.17, 15) is 9.59 Å². The van der Waals surface area contributed by atoms with Crippen LogP contribution in [0, 0.1) is 0 Å². The van der Waals surface area contributed by atoms with Gasteiger partial charge in [0.15, 0.2) is 22.5 Å². The lowest BCUT2D eigenvalue weighted by Gasteiger charge is -2.11. The van der Waals surface area contributed by atoms with E-state index < -0.39 is 5.97 Å². The van der Waals surface area contributed by atoms with Crippen LogP contribution in [0.5, 0.6) is 11.5 Å². The second-order valence-electron chi connectivity index (χ2n) is 6.91. The SMILES string of the molecule is C=CCn1c(SCC(=O)Nc2ccc(C(=O)OCC)cc2)nnc1-c1ccc(OC)c(OC)c1. The third-order valence-corrected chi connectivity index (χ3v) is 5.65. The molecule has 0 saturated carbocycles. The van der Waals surface area contributed by atoms with Gasteiger partial charge in [0.1, 0.15) is 0 Å². The highest BCUT2D eigenvalue weighted by molar-refractivity contribution is 7.99. The molecule has 1 N–H and O–H groups in total. The summed E-state index contributed by atoms with van der Waals surface area (Å²) in [5.74, 6) is 1.33. The summed E-state index contributed by atoms with van der Waals surface area (Å²) in [5.41, 5.74) is 1.80. The number of aromatic nitrogens is 3. The van der Waals surface area contributed by atoms with Gasteiger partial charge < -0.3 is 19.5 Å². The largest absolute Gasteiger partial charge is 0.493 e. The van der Waals surface area contributed by atoms with Crippen LogP contribution in [0.25, 0.3) is 11.4 Å². The van der Waals surface area contributed by atoms with Crippen LogP contribution in [-0.2, 0) is 16.1 Å². The number of rotatable bonds is 11. The zero-order valence-corrected chi connectivity index (χ0v) is 20.1. The van der Waals surface area contributed by atoms with Crippen molar-refractivity contribution in [2.24, 2.45) is 0 Å². The smallest absolute Gasteiger partial charge is 0.338 e. The van der Waals surface area contributed by atoms with Crippen molar-refractivity contribution >= 4 is 29.3 Å². The van der Waals surface area contributed by atoms with Crippen LogP contribution < -0.4 is 14.8 Å². The number of esters is 1. The van der Waals surface area contributed by atoms with Crippen LogP contribution in [0.15, 0.2) is 60.3 Å². The van der Waals surface area contributed by atoms with E-state index >= 15 is 0 Å². The molecule has 1 amide bonds. The monoisotopic (exact) mass is 482 g/mol. The number of nitrogens with one attached hydrogen (secondary N) is 1. The van der Waals surface area contributed by atoms with Crippen LogP contribution in [-0.4, -0.2) is 53.2 Å². The number of hydrogen-bond acceptors (Lipinski definition) is 8. The molecule has 0 aliphatic rings. The zero-order chi connectivity index (χ0) is 24.5. The first-order valence-corrected chi connectivity index (χ1v) is 11.5. The fourth-order valence-electron chi connectivity index (χ4n) is 3.11. The summed E-state index contributed by atoms with van der Waals surface area (Å²) in [4.78, 5) is 24.2. The number of allylic oxidation sites excluding steroid dienone is 1. The average molecular weight is 483 g/mol. The van der Waals surface area contributed by atoms with E-state index in [1.807, 2.05) is 16.7 Å². The highest BCUT2D eigenvalue weighted by Gasteiger charge is 2.17. The van der Waals surface area contributed by atoms with E-state index in [0.717, 1.165) is 5.56 Å². The summed E-state index contributed by atoms with van der Waals surface area (Å²) in [7, 11) is 3.15. The Kier molecular flexibility index (Phi) is 8.69. The maximum atomic E-state index is 12.5. The summed E-state index contributed by atoms with van der Waals surface area (Å²) < 4.78 is 17.5. The van der Waals surface area contributed by atoms with E-state index in [2.05, 4.69) is 22.1 Å². The third kappa shape index (κ3) is 5.96. The van der Waals surface area contributed by atoms with E-state index in [4.69, 9.17) is 14.2 Å². The summed E-state index contributed by atoms with van der Waals surface area (Å²) in [6.45, 7) is 6.33. The molecule has 9 nitrogen and oxygen atoms in total. The van der Waals surface area contributed by atoms with E-state index in [0.29, 0.717) is 46.9 Å². The van der Waals surface area contributed by atoms with Crippen molar-refractivity contribution < 1.29 is 23.8 Å². The topological polar surface area (TPSA) is 105 Å². The van der Waals surface area contributed by atoms with Gasteiger partial charge in [-0.3, -0.25) is 9.36 Å². The van der Waals surface area contributed by atoms with Gasteiger partial charge in [0, 0.05) is 17.8 Å². The molecular formula is C24H26N4O5S. The highest BCUT2D eigenvalue weighted by Crippen LogP contribution is 2.33. The van der Waals surface area contributed by atoms with Crippen molar-refractivity contribution in [2.45, 2.75) is 18.6 Å². The van der Waals surface area contributed by atoms with Crippen molar-refractivity contribution in [3.8, 4) is 22.9 Å². The molecule has 1 aromatic heterocycles. The first kappa shape index (κ1) is 24.8. The number of nitrogens with zero attached hydrogens (tertiary/aromatic N) is 3. The fraction of sp³-hybridized carbons (Fsp3) is 0.250. The van der Waals surface area contributed by atoms with Crippen LogP contribution in [0.1, 0.15) is 17.3 Å². The summed E-state index contributed by atoms with van der Waals surface area (Å²) in [5, 5.41) is 12.0. The highest BCUT2D eigenvalue weighted by atomic mass is 32.2. The second-order valence-corrected chi connectivity index (χ2v) is 7.85. The molecule has 0 fully saturated rings. The second kappa shape index (κ2) is 11.9. The third-order valence-electron chi connectivity index (χ3n) is 4.68. The van der Waals surface area contributed by atoms with Gasteiger partial charge in [-0.2, -0.15) is 0 Å². The molecule has 0 unspecified atom stereocenters. The van der Waals surface area contributed by atoms with E-state index in [1.165, 1.54) is 11.8 Å². The number of carbonyl (C=O) groups excluding carboxylic acids is 2. The van der Waals surface area contributed by atoms with Gasteiger partial charge in [0.2, 0.25) is 5.91 Å².